The summed E-state index contributed by atoms with van der Waals surface area (Å²) >= 11 is 0. The average molecular weight is 347 g/mol. The van der Waals surface area contributed by atoms with Crippen LogP contribution in [0.5, 0.6) is 0 Å². The van der Waals surface area contributed by atoms with Crippen molar-refractivity contribution in [1.29, 1.82) is 0 Å². The molecule has 0 spiro atoms. The Hall–Kier alpha value is -2.57. The minimum absolute atomic E-state index is 0.151. The fourth-order valence-corrected chi connectivity index (χ4v) is 3.81. The van der Waals surface area contributed by atoms with E-state index >= 15 is 0 Å². The van der Waals surface area contributed by atoms with Crippen LogP contribution in [0.3, 0.4) is 0 Å². The summed E-state index contributed by atoms with van der Waals surface area (Å²) in [5.41, 5.74) is 2.36. The van der Waals surface area contributed by atoms with E-state index < -0.39 is 5.41 Å². The third-order valence-electron chi connectivity index (χ3n) is 5.22. The first kappa shape index (κ1) is 18.2. The number of benzene rings is 2. The van der Waals surface area contributed by atoms with Gasteiger partial charge in [-0.3, -0.25) is 9.69 Å². The largest absolute Gasteiger partial charge is 0.465 e. The third kappa shape index (κ3) is 3.66. The van der Waals surface area contributed by atoms with Crippen molar-refractivity contribution in [3.63, 3.8) is 0 Å². The molecule has 0 radical (unpaired) electrons. The van der Waals surface area contributed by atoms with E-state index in [-0.39, 0.29) is 5.97 Å². The maximum Gasteiger partial charge on any atom is 0.316 e. The normalized spacial score (nSPS) is 16.6. The van der Waals surface area contributed by atoms with Gasteiger partial charge in [0, 0.05) is 12.1 Å². The molecule has 3 nitrogen and oxygen atoms in total. The van der Waals surface area contributed by atoms with Crippen LogP contribution in [0.25, 0.3) is 0 Å². The van der Waals surface area contributed by atoms with Crippen LogP contribution < -0.4 is 0 Å². The van der Waals surface area contributed by atoms with E-state index in [2.05, 4.69) is 35.1 Å². The van der Waals surface area contributed by atoms with Crippen molar-refractivity contribution in [2.45, 2.75) is 31.7 Å². The maximum absolute atomic E-state index is 12.9. The van der Waals surface area contributed by atoms with Crippen LogP contribution in [0.1, 0.15) is 36.5 Å². The van der Waals surface area contributed by atoms with Gasteiger partial charge in [0.05, 0.1) is 12.0 Å². The Morgan fingerprint density at radius 1 is 1.12 bits per heavy atom. The second-order valence-corrected chi connectivity index (χ2v) is 6.75. The molecule has 0 aliphatic carbocycles. The van der Waals surface area contributed by atoms with Crippen LogP contribution >= 0.6 is 0 Å². The van der Waals surface area contributed by atoms with Gasteiger partial charge in [-0.15, -0.1) is 6.42 Å². The fourth-order valence-electron chi connectivity index (χ4n) is 3.81. The van der Waals surface area contributed by atoms with Gasteiger partial charge in [0.15, 0.2) is 0 Å². The highest BCUT2D eigenvalue weighted by Crippen LogP contribution is 2.39. The number of likely N-dealkylation sites (tertiary alicyclic amines) is 1. The van der Waals surface area contributed by atoms with Crippen LogP contribution in [0.4, 0.5) is 0 Å². The molecule has 3 rings (SSSR count). The molecule has 0 amide bonds. The highest BCUT2D eigenvalue weighted by Gasteiger charge is 2.45. The summed E-state index contributed by atoms with van der Waals surface area (Å²) < 4.78 is 5.47. The Morgan fingerprint density at radius 2 is 1.77 bits per heavy atom. The lowest BCUT2D eigenvalue weighted by molar-refractivity contribution is -0.152. The molecule has 26 heavy (non-hydrogen) atoms. The summed E-state index contributed by atoms with van der Waals surface area (Å²) in [6, 6.07) is 18.2. The SMILES string of the molecule is C#Cc1ccccc1C1(C(=O)OCC)CCN(Cc2ccccc2)CC1. The van der Waals surface area contributed by atoms with Gasteiger partial charge in [-0.05, 0) is 50.0 Å². The molecular weight excluding hydrogens is 322 g/mol. The van der Waals surface area contributed by atoms with Crippen LogP contribution in [-0.2, 0) is 21.5 Å². The van der Waals surface area contributed by atoms with Crippen molar-refractivity contribution >= 4 is 5.97 Å². The molecule has 0 N–H and O–H groups in total. The lowest BCUT2D eigenvalue weighted by Gasteiger charge is -2.40. The van der Waals surface area contributed by atoms with Gasteiger partial charge < -0.3 is 4.74 Å². The molecule has 0 atom stereocenters. The van der Waals surface area contributed by atoms with Crippen LogP contribution in [0.2, 0.25) is 0 Å². The van der Waals surface area contributed by atoms with Crippen LogP contribution in [-0.4, -0.2) is 30.6 Å². The number of terminal acetylenes is 1. The Balaban J connectivity index is 1.84. The number of esters is 1. The topological polar surface area (TPSA) is 29.5 Å². The number of piperidine rings is 1. The van der Waals surface area contributed by atoms with Crippen LogP contribution in [0.15, 0.2) is 54.6 Å². The molecule has 2 aromatic rings. The van der Waals surface area contributed by atoms with Crippen molar-refractivity contribution in [3.05, 3.63) is 71.3 Å². The number of hydrogen-bond acceptors (Lipinski definition) is 3. The van der Waals surface area contributed by atoms with Gasteiger partial charge in [-0.1, -0.05) is 54.5 Å². The number of hydrogen-bond donors (Lipinski definition) is 0. The molecule has 3 heteroatoms. The molecule has 1 heterocycles. The Bertz CT molecular complexity index is 783. The minimum atomic E-state index is -0.647. The number of rotatable bonds is 5. The Kier molecular flexibility index (Phi) is 5.75. The zero-order chi connectivity index (χ0) is 18.4. The molecule has 0 bridgehead atoms. The molecule has 1 fully saturated rings. The molecule has 0 saturated carbocycles. The molecule has 1 aliphatic heterocycles. The molecule has 134 valence electrons. The van der Waals surface area contributed by atoms with E-state index in [1.807, 2.05) is 37.3 Å². The highest BCUT2D eigenvalue weighted by atomic mass is 16.5. The molecule has 1 saturated heterocycles. The van der Waals surface area contributed by atoms with E-state index in [1.54, 1.807) is 0 Å². The predicted molar refractivity (Wildman–Crippen MR) is 104 cm³/mol. The second-order valence-electron chi connectivity index (χ2n) is 6.75. The first-order valence-corrected chi connectivity index (χ1v) is 9.19. The second kappa shape index (κ2) is 8.21. The molecule has 0 aromatic heterocycles. The van der Waals surface area contributed by atoms with E-state index in [4.69, 9.17) is 11.2 Å². The summed E-state index contributed by atoms with van der Waals surface area (Å²) in [7, 11) is 0. The molecule has 1 aliphatic rings. The van der Waals surface area contributed by atoms with Crippen LogP contribution in [0, 0.1) is 12.3 Å². The van der Waals surface area contributed by atoms with E-state index in [9.17, 15) is 4.79 Å². The summed E-state index contributed by atoms with van der Waals surface area (Å²) in [5, 5.41) is 0. The quantitative estimate of drug-likeness (QED) is 0.609. The van der Waals surface area contributed by atoms with Crippen molar-refractivity contribution in [1.82, 2.24) is 4.90 Å². The Morgan fingerprint density at radius 3 is 2.42 bits per heavy atom. The first-order chi connectivity index (χ1) is 12.7. The van der Waals surface area contributed by atoms with E-state index in [0.717, 1.165) is 43.6 Å². The van der Waals surface area contributed by atoms with Crippen molar-refractivity contribution in [2.75, 3.05) is 19.7 Å². The summed E-state index contributed by atoms with van der Waals surface area (Å²) in [6.07, 6.45) is 7.15. The predicted octanol–water partition coefficient (Wildman–Crippen LogP) is 3.76. The van der Waals surface area contributed by atoms with Gasteiger partial charge in [0.25, 0.3) is 0 Å². The maximum atomic E-state index is 12.9. The highest BCUT2D eigenvalue weighted by molar-refractivity contribution is 5.84. The lowest BCUT2D eigenvalue weighted by Crippen LogP contribution is -2.48. The number of nitrogens with zero attached hydrogens (tertiary/aromatic N) is 1. The van der Waals surface area contributed by atoms with E-state index in [0.29, 0.717) is 6.61 Å². The fraction of sp³-hybridized carbons (Fsp3) is 0.348. The average Bonchev–Trinajstić information content (AvgIpc) is 2.69. The number of carbonyl (C=O) groups is 1. The summed E-state index contributed by atoms with van der Waals surface area (Å²) in [4.78, 5) is 15.3. The zero-order valence-corrected chi connectivity index (χ0v) is 15.3. The monoisotopic (exact) mass is 347 g/mol. The van der Waals surface area contributed by atoms with Gasteiger partial charge >= 0.3 is 5.97 Å². The van der Waals surface area contributed by atoms with Gasteiger partial charge in [0.2, 0.25) is 0 Å². The van der Waals surface area contributed by atoms with Gasteiger partial charge in [-0.2, -0.15) is 0 Å². The standard InChI is InChI=1S/C23H25NO2/c1-3-20-12-8-9-13-21(20)23(22(25)26-4-2)14-16-24(17-15-23)18-19-10-6-5-7-11-19/h1,5-13H,4,14-18H2,2H3. The van der Waals surface area contributed by atoms with Crippen molar-refractivity contribution < 1.29 is 9.53 Å². The first-order valence-electron chi connectivity index (χ1n) is 9.19. The van der Waals surface area contributed by atoms with Crippen molar-refractivity contribution in [3.8, 4) is 12.3 Å². The molecular formula is C23H25NO2. The van der Waals surface area contributed by atoms with Gasteiger partial charge in [-0.25, -0.2) is 0 Å². The zero-order valence-electron chi connectivity index (χ0n) is 15.3. The summed E-state index contributed by atoms with van der Waals surface area (Å²) in [6.45, 7) is 4.81. The van der Waals surface area contributed by atoms with E-state index in [1.165, 1.54) is 5.56 Å². The molecule has 0 unspecified atom stereocenters. The number of carbonyl (C=O) groups excluding carboxylic acids is 1. The summed E-state index contributed by atoms with van der Waals surface area (Å²) in [5.74, 6) is 2.59. The minimum Gasteiger partial charge on any atom is -0.465 e. The lowest BCUT2D eigenvalue weighted by atomic mass is 9.71. The third-order valence-corrected chi connectivity index (χ3v) is 5.22. The van der Waals surface area contributed by atoms with Crippen molar-refractivity contribution in [2.24, 2.45) is 0 Å². The van der Waals surface area contributed by atoms with Gasteiger partial charge in [0.1, 0.15) is 0 Å². The number of ether oxygens (including phenoxy) is 1. The Labute approximate surface area is 156 Å². The smallest absolute Gasteiger partial charge is 0.316 e. The molecule has 2 aromatic carbocycles.